The molecule has 3 rings (SSSR count). The Balaban J connectivity index is 1.69. The molecule has 1 aliphatic heterocycles. The standard InChI is InChI=1S/C21H21F3N4O4/c22-21(23,24)19(30)26-13-18(29)16-5-3-15(4-6-16)14-28(17-2-1-7-25-12-17)20(31)27-8-10-32-11-9-27/h1-7,12H,8-11,13-14H2,(H,26,30). The summed E-state index contributed by atoms with van der Waals surface area (Å²) >= 11 is 0. The Bertz CT molecular complexity index is 946. The van der Waals surface area contributed by atoms with E-state index in [0.717, 1.165) is 0 Å². The highest BCUT2D eigenvalue weighted by molar-refractivity contribution is 5.99. The number of hydrogen-bond acceptors (Lipinski definition) is 5. The second kappa shape index (κ2) is 10.2. The van der Waals surface area contributed by atoms with Crippen LogP contribution in [-0.4, -0.2) is 66.6 Å². The van der Waals surface area contributed by atoms with E-state index in [1.54, 1.807) is 51.8 Å². The van der Waals surface area contributed by atoms with E-state index in [1.807, 2.05) is 0 Å². The fourth-order valence-corrected chi connectivity index (χ4v) is 3.05. The van der Waals surface area contributed by atoms with Crippen LogP contribution in [0.25, 0.3) is 0 Å². The summed E-state index contributed by atoms with van der Waals surface area (Å²) in [5.74, 6) is -2.83. The van der Waals surface area contributed by atoms with E-state index in [4.69, 9.17) is 4.74 Å². The van der Waals surface area contributed by atoms with Crippen LogP contribution in [-0.2, 0) is 16.1 Å². The predicted octanol–water partition coefficient (Wildman–Crippen LogP) is 2.40. The summed E-state index contributed by atoms with van der Waals surface area (Å²) in [6.07, 6.45) is -1.88. The third-order valence-electron chi connectivity index (χ3n) is 4.75. The number of ether oxygens (including phenoxy) is 1. The molecular weight excluding hydrogens is 429 g/mol. The van der Waals surface area contributed by atoms with Crippen LogP contribution in [0.5, 0.6) is 0 Å². The SMILES string of the molecule is O=C(CNC(=O)C(F)(F)F)c1ccc(CN(C(=O)N2CCOCC2)c2cccnc2)cc1. The monoisotopic (exact) mass is 450 g/mol. The number of morpholine rings is 1. The Morgan fingerprint density at radius 2 is 1.78 bits per heavy atom. The summed E-state index contributed by atoms with van der Waals surface area (Å²) in [6, 6.07) is 9.36. The Kier molecular flexibility index (Phi) is 7.41. The van der Waals surface area contributed by atoms with Gasteiger partial charge >= 0.3 is 18.1 Å². The fraction of sp³-hybridized carbons (Fsp3) is 0.333. The Morgan fingerprint density at radius 1 is 1.09 bits per heavy atom. The largest absolute Gasteiger partial charge is 0.471 e. The molecule has 1 N–H and O–H groups in total. The molecule has 0 spiro atoms. The molecule has 1 aromatic carbocycles. The molecule has 1 aliphatic rings. The van der Waals surface area contributed by atoms with Gasteiger partial charge < -0.3 is 15.0 Å². The molecule has 2 aromatic rings. The first-order valence-corrected chi connectivity index (χ1v) is 9.77. The van der Waals surface area contributed by atoms with Crippen LogP contribution in [0.1, 0.15) is 15.9 Å². The summed E-state index contributed by atoms with van der Waals surface area (Å²) in [7, 11) is 0. The van der Waals surface area contributed by atoms with Gasteiger partial charge in [0, 0.05) is 24.8 Å². The van der Waals surface area contributed by atoms with Crippen molar-refractivity contribution in [2.75, 3.05) is 37.7 Å². The molecule has 0 bridgehead atoms. The average molecular weight is 450 g/mol. The number of nitrogens with one attached hydrogen (secondary N) is 1. The van der Waals surface area contributed by atoms with Crippen LogP contribution in [0.3, 0.4) is 0 Å². The third kappa shape index (κ3) is 6.03. The van der Waals surface area contributed by atoms with Gasteiger partial charge in [0.1, 0.15) is 0 Å². The molecule has 0 atom stereocenters. The van der Waals surface area contributed by atoms with Gasteiger partial charge in [-0.1, -0.05) is 24.3 Å². The van der Waals surface area contributed by atoms with E-state index in [2.05, 4.69) is 4.98 Å². The van der Waals surface area contributed by atoms with Crippen molar-refractivity contribution in [2.24, 2.45) is 0 Å². The molecule has 32 heavy (non-hydrogen) atoms. The minimum Gasteiger partial charge on any atom is -0.378 e. The Hall–Kier alpha value is -3.47. The van der Waals surface area contributed by atoms with Crippen molar-refractivity contribution in [3.63, 3.8) is 0 Å². The molecule has 0 saturated carbocycles. The maximum atomic E-state index is 13.1. The number of anilines is 1. The van der Waals surface area contributed by atoms with E-state index in [9.17, 15) is 27.6 Å². The lowest BCUT2D eigenvalue weighted by Crippen LogP contribution is -2.48. The molecule has 1 aromatic heterocycles. The molecule has 11 heteroatoms. The van der Waals surface area contributed by atoms with Gasteiger partial charge in [-0.15, -0.1) is 0 Å². The summed E-state index contributed by atoms with van der Waals surface area (Å²) < 4.78 is 42.0. The van der Waals surface area contributed by atoms with Crippen molar-refractivity contribution in [2.45, 2.75) is 12.7 Å². The van der Waals surface area contributed by atoms with Gasteiger partial charge in [0.05, 0.1) is 38.2 Å². The van der Waals surface area contributed by atoms with Gasteiger partial charge in [-0.2, -0.15) is 13.2 Å². The zero-order valence-electron chi connectivity index (χ0n) is 17.0. The average Bonchev–Trinajstić information content (AvgIpc) is 2.81. The van der Waals surface area contributed by atoms with Crippen molar-refractivity contribution >= 4 is 23.4 Å². The first kappa shape index (κ1) is 23.2. The Labute approximate surface area is 182 Å². The van der Waals surface area contributed by atoms with Gasteiger partial charge in [-0.3, -0.25) is 19.5 Å². The number of carbonyl (C=O) groups excluding carboxylic acids is 3. The quantitative estimate of drug-likeness (QED) is 0.683. The smallest absolute Gasteiger partial charge is 0.378 e. The number of benzene rings is 1. The third-order valence-corrected chi connectivity index (χ3v) is 4.75. The first-order valence-electron chi connectivity index (χ1n) is 9.77. The highest BCUT2D eigenvalue weighted by atomic mass is 19.4. The molecule has 0 aliphatic carbocycles. The van der Waals surface area contributed by atoms with Crippen molar-refractivity contribution in [1.82, 2.24) is 15.2 Å². The summed E-state index contributed by atoms with van der Waals surface area (Å²) in [6.45, 7) is 1.26. The van der Waals surface area contributed by atoms with Crippen molar-refractivity contribution in [3.05, 3.63) is 59.9 Å². The van der Waals surface area contributed by atoms with E-state index in [-0.39, 0.29) is 18.1 Å². The number of amides is 3. The molecule has 170 valence electrons. The molecule has 8 nitrogen and oxygen atoms in total. The van der Waals surface area contributed by atoms with Gasteiger partial charge in [0.15, 0.2) is 5.78 Å². The number of nitrogens with zero attached hydrogens (tertiary/aromatic N) is 3. The van der Waals surface area contributed by atoms with Crippen LogP contribution in [0.2, 0.25) is 0 Å². The Morgan fingerprint density at radius 3 is 2.38 bits per heavy atom. The van der Waals surface area contributed by atoms with E-state index < -0.39 is 24.4 Å². The van der Waals surface area contributed by atoms with Crippen molar-refractivity contribution in [3.8, 4) is 0 Å². The number of alkyl halides is 3. The van der Waals surface area contributed by atoms with Gasteiger partial charge in [0.2, 0.25) is 0 Å². The van der Waals surface area contributed by atoms with Crippen LogP contribution in [0, 0.1) is 0 Å². The second-order valence-electron chi connectivity index (χ2n) is 6.98. The van der Waals surface area contributed by atoms with Gasteiger partial charge in [-0.25, -0.2) is 4.79 Å². The molecular formula is C21H21F3N4O4. The zero-order valence-corrected chi connectivity index (χ0v) is 17.0. The highest BCUT2D eigenvalue weighted by Gasteiger charge is 2.38. The normalized spacial score (nSPS) is 14.0. The van der Waals surface area contributed by atoms with Gasteiger partial charge in [-0.05, 0) is 17.7 Å². The van der Waals surface area contributed by atoms with E-state index in [1.165, 1.54) is 12.1 Å². The molecule has 0 radical (unpaired) electrons. The minimum absolute atomic E-state index is 0.142. The number of Topliss-reactive ketones (excluding diaryl/α,β-unsaturated/α-hetero) is 1. The first-order chi connectivity index (χ1) is 15.3. The molecule has 1 saturated heterocycles. The number of hydrogen-bond donors (Lipinski definition) is 1. The van der Waals surface area contributed by atoms with Gasteiger partial charge in [0.25, 0.3) is 0 Å². The van der Waals surface area contributed by atoms with E-state index >= 15 is 0 Å². The number of ketones is 1. The highest BCUT2D eigenvalue weighted by Crippen LogP contribution is 2.19. The fourth-order valence-electron chi connectivity index (χ4n) is 3.05. The summed E-state index contributed by atoms with van der Waals surface area (Å²) in [4.78, 5) is 43.3. The number of urea groups is 1. The predicted molar refractivity (Wildman–Crippen MR) is 108 cm³/mol. The maximum Gasteiger partial charge on any atom is 0.471 e. The topological polar surface area (TPSA) is 91.8 Å². The molecule has 2 heterocycles. The number of pyridine rings is 1. The zero-order chi connectivity index (χ0) is 23.1. The molecule has 0 unspecified atom stereocenters. The number of carbonyl (C=O) groups is 3. The number of halogens is 3. The van der Waals surface area contributed by atoms with Crippen LogP contribution in [0.4, 0.5) is 23.7 Å². The van der Waals surface area contributed by atoms with Crippen LogP contribution in [0.15, 0.2) is 48.8 Å². The van der Waals surface area contributed by atoms with Crippen molar-refractivity contribution < 1.29 is 32.3 Å². The summed E-state index contributed by atoms with van der Waals surface area (Å²) in [5.41, 5.74) is 1.44. The molecule has 3 amide bonds. The molecule has 1 fully saturated rings. The number of rotatable bonds is 6. The van der Waals surface area contributed by atoms with Crippen molar-refractivity contribution in [1.29, 1.82) is 0 Å². The maximum absolute atomic E-state index is 13.1. The lowest BCUT2D eigenvalue weighted by atomic mass is 10.1. The van der Waals surface area contributed by atoms with E-state index in [0.29, 0.717) is 37.6 Å². The second-order valence-corrected chi connectivity index (χ2v) is 6.98. The van der Waals surface area contributed by atoms with Crippen LogP contribution >= 0.6 is 0 Å². The lowest BCUT2D eigenvalue weighted by molar-refractivity contribution is -0.173. The lowest BCUT2D eigenvalue weighted by Gasteiger charge is -2.33. The summed E-state index contributed by atoms with van der Waals surface area (Å²) in [5, 5.41) is 1.55. The number of aromatic nitrogens is 1. The van der Waals surface area contributed by atoms with Crippen LogP contribution < -0.4 is 10.2 Å². The minimum atomic E-state index is -5.05.